The van der Waals surface area contributed by atoms with Crippen LogP contribution in [-0.2, 0) is 0 Å². The Morgan fingerprint density at radius 2 is 1.33 bits per heavy atom. The molecule has 0 saturated carbocycles. The van der Waals surface area contributed by atoms with Gasteiger partial charge in [0.15, 0.2) is 0 Å². The van der Waals surface area contributed by atoms with Gasteiger partial charge in [-0.2, -0.15) is 0 Å². The van der Waals surface area contributed by atoms with E-state index in [4.69, 9.17) is 0 Å². The van der Waals surface area contributed by atoms with Gasteiger partial charge in [-0.15, -0.1) is 0 Å². The normalized spacial score (nSPS) is 14.6. The zero-order valence-corrected chi connectivity index (χ0v) is 11.8. The molecule has 0 aliphatic carbocycles. The van der Waals surface area contributed by atoms with E-state index in [2.05, 4.69) is 38.1 Å². The van der Waals surface area contributed by atoms with E-state index in [-0.39, 0.29) is 0 Å². The maximum absolute atomic E-state index is 9.52. The van der Waals surface area contributed by atoms with E-state index in [1.165, 1.54) is 5.56 Å². The number of nitrogens with zero attached hydrogens (tertiary/aromatic N) is 1. The fourth-order valence-corrected chi connectivity index (χ4v) is 1.99. The number of hydrogen-bond donors (Lipinski definition) is 2. The van der Waals surface area contributed by atoms with Crippen molar-refractivity contribution >= 4 is 5.69 Å². The first kappa shape index (κ1) is 15.0. The lowest BCUT2D eigenvalue weighted by Gasteiger charge is -2.27. The van der Waals surface area contributed by atoms with Crippen molar-refractivity contribution in [3.05, 3.63) is 29.8 Å². The lowest BCUT2D eigenvalue weighted by Crippen LogP contribution is -2.36. The van der Waals surface area contributed by atoms with E-state index in [0.717, 1.165) is 5.69 Å². The van der Waals surface area contributed by atoms with E-state index in [0.29, 0.717) is 19.0 Å². The van der Waals surface area contributed by atoms with E-state index >= 15 is 0 Å². The van der Waals surface area contributed by atoms with Gasteiger partial charge >= 0.3 is 0 Å². The van der Waals surface area contributed by atoms with Crippen molar-refractivity contribution in [2.45, 2.75) is 45.8 Å². The molecule has 0 spiro atoms. The van der Waals surface area contributed by atoms with Crippen molar-refractivity contribution in [3.63, 3.8) is 0 Å². The summed E-state index contributed by atoms with van der Waals surface area (Å²) >= 11 is 0. The molecule has 0 fully saturated rings. The lowest BCUT2D eigenvalue weighted by atomic mass is 10.0. The molecule has 2 atom stereocenters. The van der Waals surface area contributed by atoms with Gasteiger partial charge in [0.2, 0.25) is 0 Å². The van der Waals surface area contributed by atoms with Crippen molar-refractivity contribution < 1.29 is 10.2 Å². The first-order chi connectivity index (χ1) is 8.40. The molecule has 0 saturated heterocycles. The van der Waals surface area contributed by atoms with E-state index in [9.17, 15) is 10.2 Å². The zero-order valence-electron chi connectivity index (χ0n) is 11.8. The summed E-state index contributed by atoms with van der Waals surface area (Å²) in [5, 5.41) is 19.0. The number of anilines is 1. The Hall–Kier alpha value is -1.06. The topological polar surface area (TPSA) is 43.7 Å². The highest BCUT2D eigenvalue weighted by atomic mass is 16.3. The summed E-state index contributed by atoms with van der Waals surface area (Å²) in [5.74, 6) is 0.515. The van der Waals surface area contributed by atoms with Crippen molar-refractivity contribution in [2.75, 3.05) is 18.0 Å². The summed E-state index contributed by atoms with van der Waals surface area (Å²) in [6, 6.07) is 8.33. The Kier molecular flexibility index (Phi) is 5.63. The van der Waals surface area contributed by atoms with Gasteiger partial charge in [0, 0.05) is 18.8 Å². The van der Waals surface area contributed by atoms with Crippen LogP contribution in [0.25, 0.3) is 0 Å². The first-order valence-corrected chi connectivity index (χ1v) is 6.61. The Labute approximate surface area is 110 Å². The molecular formula is C15H25NO2. The SMILES string of the molecule is CC(O)CN(CC(C)O)c1ccc(C(C)C)cc1. The molecule has 0 aliphatic rings. The third-order valence-electron chi connectivity index (χ3n) is 2.89. The number of hydrogen-bond acceptors (Lipinski definition) is 3. The average Bonchev–Trinajstić information content (AvgIpc) is 2.27. The highest BCUT2D eigenvalue weighted by Crippen LogP contribution is 2.20. The monoisotopic (exact) mass is 251 g/mol. The number of rotatable bonds is 6. The van der Waals surface area contributed by atoms with E-state index in [1.54, 1.807) is 13.8 Å². The molecule has 0 radical (unpaired) electrons. The molecule has 0 aliphatic heterocycles. The van der Waals surface area contributed by atoms with Gasteiger partial charge in [-0.05, 0) is 37.5 Å². The van der Waals surface area contributed by atoms with Crippen LogP contribution in [-0.4, -0.2) is 35.5 Å². The average molecular weight is 251 g/mol. The Morgan fingerprint density at radius 3 is 1.67 bits per heavy atom. The highest BCUT2D eigenvalue weighted by molar-refractivity contribution is 5.48. The predicted molar refractivity (Wildman–Crippen MR) is 76.1 cm³/mol. The first-order valence-electron chi connectivity index (χ1n) is 6.61. The fraction of sp³-hybridized carbons (Fsp3) is 0.600. The Bertz CT molecular complexity index is 334. The molecular weight excluding hydrogens is 226 g/mol. The molecule has 2 unspecified atom stereocenters. The van der Waals surface area contributed by atoms with Crippen LogP contribution >= 0.6 is 0 Å². The van der Waals surface area contributed by atoms with Crippen LogP contribution in [0, 0.1) is 0 Å². The van der Waals surface area contributed by atoms with Crippen LogP contribution in [0.2, 0.25) is 0 Å². The zero-order chi connectivity index (χ0) is 13.7. The minimum atomic E-state index is -0.409. The van der Waals surface area contributed by atoms with Crippen LogP contribution < -0.4 is 4.90 Å². The van der Waals surface area contributed by atoms with Crippen LogP contribution in [0.15, 0.2) is 24.3 Å². The third kappa shape index (κ3) is 4.67. The van der Waals surface area contributed by atoms with E-state index in [1.807, 2.05) is 4.90 Å². The number of benzene rings is 1. The van der Waals surface area contributed by atoms with Gasteiger partial charge in [0.1, 0.15) is 0 Å². The van der Waals surface area contributed by atoms with Crippen molar-refractivity contribution in [1.82, 2.24) is 0 Å². The summed E-state index contributed by atoms with van der Waals surface area (Å²) < 4.78 is 0. The smallest absolute Gasteiger partial charge is 0.0687 e. The molecule has 1 aromatic rings. The predicted octanol–water partition coefficient (Wildman–Crippen LogP) is 2.38. The summed E-state index contributed by atoms with van der Waals surface area (Å²) in [4.78, 5) is 2.01. The molecule has 0 heterocycles. The standard InChI is InChI=1S/C15H25NO2/c1-11(2)14-5-7-15(8-6-14)16(9-12(3)17)10-13(4)18/h5-8,11-13,17-18H,9-10H2,1-4H3. The molecule has 1 rings (SSSR count). The summed E-state index contributed by atoms with van der Waals surface area (Å²) in [6.45, 7) is 8.92. The van der Waals surface area contributed by atoms with Gasteiger partial charge in [-0.1, -0.05) is 26.0 Å². The summed E-state index contributed by atoms with van der Waals surface area (Å²) in [7, 11) is 0. The second kappa shape index (κ2) is 6.76. The number of aliphatic hydroxyl groups is 2. The second-order valence-electron chi connectivity index (χ2n) is 5.35. The van der Waals surface area contributed by atoms with Gasteiger partial charge in [0.05, 0.1) is 12.2 Å². The van der Waals surface area contributed by atoms with Crippen LogP contribution in [0.3, 0.4) is 0 Å². The van der Waals surface area contributed by atoms with Gasteiger partial charge in [0.25, 0.3) is 0 Å². The third-order valence-corrected chi connectivity index (χ3v) is 2.89. The minimum absolute atomic E-state index is 0.409. The lowest BCUT2D eigenvalue weighted by molar-refractivity contribution is 0.178. The summed E-state index contributed by atoms with van der Waals surface area (Å²) in [6.07, 6.45) is -0.818. The Morgan fingerprint density at radius 1 is 0.889 bits per heavy atom. The van der Waals surface area contributed by atoms with Crippen molar-refractivity contribution in [1.29, 1.82) is 0 Å². The number of aliphatic hydroxyl groups excluding tert-OH is 2. The van der Waals surface area contributed by atoms with Gasteiger partial charge < -0.3 is 15.1 Å². The molecule has 0 bridgehead atoms. The van der Waals surface area contributed by atoms with Crippen LogP contribution in [0.4, 0.5) is 5.69 Å². The van der Waals surface area contributed by atoms with Crippen molar-refractivity contribution in [2.24, 2.45) is 0 Å². The molecule has 18 heavy (non-hydrogen) atoms. The maximum Gasteiger partial charge on any atom is 0.0687 e. The molecule has 2 N–H and O–H groups in total. The quantitative estimate of drug-likeness (QED) is 0.816. The minimum Gasteiger partial charge on any atom is -0.392 e. The van der Waals surface area contributed by atoms with Crippen LogP contribution in [0.1, 0.15) is 39.2 Å². The van der Waals surface area contributed by atoms with Crippen LogP contribution in [0.5, 0.6) is 0 Å². The fourth-order valence-electron chi connectivity index (χ4n) is 1.99. The van der Waals surface area contributed by atoms with Gasteiger partial charge in [-0.25, -0.2) is 0 Å². The Balaban J connectivity index is 2.83. The molecule has 1 aromatic carbocycles. The molecule has 3 heteroatoms. The highest BCUT2D eigenvalue weighted by Gasteiger charge is 2.12. The second-order valence-corrected chi connectivity index (χ2v) is 5.35. The molecule has 3 nitrogen and oxygen atoms in total. The van der Waals surface area contributed by atoms with Crippen molar-refractivity contribution in [3.8, 4) is 0 Å². The molecule has 0 aromatic heterocycles. The van der Waals surface area contributed by atoms with Gasteiger partial charge in [-0.3, -0.25) is 0 Å². The van der Waals surface area contributed by atoms with E-state index < -0.39 is 12.2 Å². The summed E-state index contributed by atoms with van der Waals surface area (Å²) in [5.41, 5.74) is 2.34. The maximum atomic E-state index is 9.52. The molecule has 0 amide bonds. The molecule has 102 valence electrons. The largest absolute Gasteiger partial charge is 0.392 e.